The highest BCUT2D eigenvalue weighted by Gasteiger charge is 2.35. The summed E-state index contributed by atoms with van der Waals surface area (Å²) in [6.07, 6.45) is 2.86. The van der Waals surface area contributed by atoms with Crippen molar-refractivity contribution < 1.29 is 14.2 Å². The van der Waals surface area contributed by atoms with Gasteiger partial charge in [-0.1, -0.05) is 36.4 Å². The normalized spacial score (nSPS) is 25.3. The zero-order chi connectivity index (χ0) is 14.4. The molecule has 2 unspecified atom stereocenters. The minimum atomic E-state index is -0.529. The predicted octanol–water partition coefficient (Wildman–Crippen LogP) is 3.55. The molecule has 1 aromatic rings. The number of ether oxygens (including phenoxy) is 3. The molecule has 2 rings (SSSR count). The Bertz CT molecular complexity index is 414. The highest BCUT2D eigenvalue weighted by atomic mass is 16.7. The summed E-state index contributed by atoms with van der Waals surface area (Å²) in [6.45, 7) is 9.58. The monoisotopic (exact) mass is 276 g/mol. The van der Waals surface area contributed by atoms with Crippen LogP contribution in [0.5, 0.6) is 0 Å². The van der Waals surface area contributed by atoms with Crippen LogP contribution in [-0.4, -0.2) is 25.1 Å². The van der Waals surface area contributed by atoms with E-state index in [1.165, 1.54) is 5.56 Å². The van der Waals surface area contributed by atoms with Crippen molar-refractivity contribution in [2.45, 2.75) is 38.8 Å². The molecule has 0 radical (unpaired) electrons. The molecule has 110 valence electrons. The lowest BCUT2D eigenvalue weighted by Gasteiger charge is -2.40. The van der Waals surface area contributed by atoms with Gasteiger partial charge in [-0.2, -0.15) is 0 Å². The first-order chi connectivity index (χ1) is 9.61. The van der Waals surface area contributed by atoms with Gasteiger partial charge in [-0.15, -0.1) is 6.58 Å². The second-order valence-corrected chi connectivity index (χ2v) is 5.65. The highest BCUT2D eigenvalue weighted by molar-refractivity contribution is 5.13. The Morgan fingerprint density at radius 1 is 1.35 bits per heavy atom. The highest BCUT2D eigenvalue weighted by Crippen LogP contribution is 2.28. The van der Waals surface area contributed by atoms with E-state index in [4.69, 9.17) is 14.2 Å². The van der Waals surface area contributed by atoms with E-state index in [2.05, 4.69) is 18.7 Å². The maximum atomic E-state index is 5.98. The van der Waals surface area contributed by atoms with Crippen molar-refractivity contribution in [1.29, 1.82) is 0 Å². The lowest BCUT2D eigenvalue weighted by molar-refractivity contribution is -0.299. The van der Waals surface area contributed by atoms with Crippen LogP contribution < -0.4 is 0 Å². The topological polar surface area (TPSA) is 27.7 Å². The molecule has 0 aliphatic carbocycles. The van der Waals surface area contributed by atoms with Crippen molar-refractivity contribution in [1.82, 2.24) is 0 Å². The van der Waals surface area contributed by atoms with Gasteiger partial charge in [0.25, 0.3) is 0 Å². The Kier molecular flexibility index (Phi) is 5.35. The van der Waals surface area contributed by atoms with Crippen LogP contribution >= 0.6 is 0 Å². The molecule has 1 aliphatic rings. The maximum Gasteiger partial charge on any atom is 0.163 e. The first kappa shape index (κ1) is 15.2. The summed E-state index contributed by atoms with van der Waals surface area (Å²) in [4.78, 5) is 0. The predicted molar refractivity (Wildman–Crippen MR) is 79.3 cm³/mol. The van der Waals surface area contributed by atoms with E-state index >= 15 is 0 Å². The molecule has 2 atom stereocenters. The zero-order valence-corrected chi connectivity index (χ0v) is 12.4. The summed E-state index contributed by atoms with van der Waals surface area (Å²) in [5, 5.41) is 0. The lowest BCUT2D eigenvalue weighted by atomic mass is 9.98. The van der Waals surface area contributed by atoms with E-state index in [9.17, 15) is 0 Å². The molecule has 3 nitrogen and oxygen atoms in total. The van der Waals surface area contributed by atoms with Crippen molar-refractivity contribution >= 4 is 0 Å². The molecule has 0 amide bonds. The average molecular weight is 276 g/mol. The van der Waals surface area contributed by atoms with Crippen molar-refractivity contribution in [2.24, 2.45) is 5.92 Å². The van der Waals surface area contributed by atoms with Gasteiger partial charge in [0.2, 0.25) is 0 Å². The van der Waals surface area contributed by atoms with E-state index in [0.29, 0.717) is 25.7 Å². The smallest absolute Gasteiger partial charge is 0.163 e. The van der Waals surface area contributed by atoms with Crippen LogP contribution in [0.15, 0.2) is 43.0 Å². The summed E-state index contributed by atoms with van der Waals surface area (Å²) < 4.78 is 17.5. The van der Waals surface area contributed by atoms with Gasteiger partial charge in [-0.05, 0) is 25.8 Å². The quantitative estimate of drug-likeness (QED) is 0.744. The van der Waals surface area contributed by atoms with Gasteiger partial charge in [-0.25, -0.2) is 0 Å². The number of hydrogen-bond acceptors (Lipinski definition) is 3. The minimum Gasteiger partial charge on any atom is -0.374 e. The molecule has 1 fully saturated rings. The van der Waals surface area contributed by atoms with Crippen LogP contribution in [0.4, 0.5) is 0 Å². The Morgan fingerprint density at radius 3 is 2.80 bits per heavy atom. The molecule has 20 heavy (non-hydrogen) atoms. The molecule has 1 aliphatic heterocycles. The second kappa shape index (κ2) is 7.02. The lowest BCUT2D eigenvalue weighted by Crippen LogP contribution is -2.47. The summed E-state index contributed by atoms with van der Waals surface area (Å²) in [5.41, 5.74) is 1.18. The van der Waals surface area contributed by atoms with E-state index in [1.807, 2.05) is 38.1 Å². The zero-order valence-electron chi connectivity index (χ0n) is 12.4. The maximum absolute atomic E-state index is 5.98. The largest absolute Gasteiger partial charge is 0.374 e. The van der Waals surface area contributed by atoms with Gasteiger partial charge in [-0.3, -0.25) is 0 Å². The third kappa shape index (κ3) is 4.44. The summed E-state index contributed by atoms with van der Waals surface area (Å²) in [5.74, 6) is -0.213. The van der Waals surface area contributed by atoms with Crippen LogP contribution in [-0.2, 0) is 20.8 Å². The average Bonchev–Trinajstić information content (AvgIpc) is 2.43. The number of benzene rings is 1. The Hall–Kier alpha value is -1.16. The van der Waals surface area contributed by atoms with E-state index < -0.39 is 5.79 Å². The third-order valence-corrected chi connectivity index (χ3v) is 3.47. The first-order valence-electron chi connectivity index (χ1n) is 7.15. The van der Waals surface area contributed by atoms with Gasteiger partial charge in [0.15, 0.2) is 5.79 Å². The molecule has 0 spiro atoms. The number of hydrogen-bond donors (Lipinski definition) is 0. The molecule has 0 N–H and O–H groups in total. The summed E-state index contributed by atoms with van der Waals surface area (Å²) >= 11 is 0. The fraction of sp³-hybridized carbons (Fsp3) is 0.529. The number of rotatable bonds is 6. The van der Waals surface area contributed by atoms with E-state index in [1.54, 1.807) is 0 Å². The van der Waals surface area contributed by atoms with Crippen LogP contribution in [0.25, 0.3) is 0 Å². The standard InChI is InChI=1S/C17H24O3/c1-4-8-15-12-19-17(2,3)20-16(15)13-18-11-14-9-6-5-7-10-14/h4-7,9-10,15-16H,1,8,11-13H2,2-3H3. The molecule has 1 saturated heterocycles. The molecular formula is C17H24O3. The van der Waals surface area contributed by atoms with Crippen LogP contribution in [0.3, 0.4) is 0 Å². The Balaban J connectivity index is 1.85. The minimum absolute atomic E-state index is 0.0560. The van der Waals surface area contributed by atoms with Crippen molar-refractivity contribution in [3.8, 4) is 0 Å². The summed E-state index contributed by atoms with van der Waals surface area (Å²) in [6, 6.07) is 10.2. The fourth-order valence-corrected chi connectivity index (χ4v) is 2.38. The van der Waals surface area contributed by atoms with Crippen molar-refractivity contribution in [3.05, 3.63) is 48.6 Å². The first-order valence-corrected chi connectivity index (χ1v) is 7.15. The summed E-state index contributed by atoms with van der Waals surface area (Å²) in [7, 11) is 0. The van der Waals surface area contributed by atoms with Gasteiger partial charge in [0.1, 0.15) is 0 Å². The molecule has 3 heteroatoms. The number of allylic oxidation sites excluding steroid dienone is 1. The van der Waals surface area contributed by atoms with Gasteiger partial charge >= 0.3 is 0 Å². The molecule has 1 heterocycles. The van der Waals surface area contributed by atoms with Gasteiger partial charge < -0.3 is 14.2 Å². The SMILES string of the molecule is C=CCC1COC(C)(C)OC1COCc1ccccc1. The van der Waals surface area contributed by atoms with Crippen molar-refractivity contribution in [2.75, 3.05) is 13.2 Å². The van der Waals surface area contributed by atoms with E-state index in [-0.39, 0.29) is 6.10 Å². The van der Waals surface area contributed by atoms with Crippen LogP contribution in [0.1, 0.15) is 25.8 Å². The molecular weight excluding hydrogens is 252 g/mol. The Morgan fingerprint density at radius 2 is 2.10 bits per heavy atom. The van der Waals surface area contributed by atoms with Gasteiger partial charge in [0, 0.05) is 5.92 Å². The van der Waals surface area contributed by atoms with Gasteiger partial charge in [0.05, 0.1) is 25.9 Å². The molecule has 1 aromatic carbocycles. The van der Waals surface area contributed by atoms with Crippen molar-refractivity contribution in [3.63, 3.8) is 0 Å². The second-order valence-electron chi connectivity index (χ2n) is 5.65. The van der Waals surface area contributed by atoms with E-state index in [0.717, 1.165) is 6.42 Å². The third-order valence-electron chi connectivity index (χ3n) is 3.47. The van der Waals surface area contributed by atoms with Crippen LogP contribution in [0, 0.1) is 5.92 Å². The molecule has 0 bridgehead atoms. The fourth-order valence-electron chi connectivity index (χ4n) is 2.38. The van der Waals surface area contributed by atoms with Crippen LogP contribution in [0.2, 0.25) is 0 Å². The Labute approximate surface area is 121 Å². The molecule has 0 saturated carbocycles. The molecule has 0 aromatic heterocycles.